The van der Waals surface area contributed by atoms with Gasteiger partial charge in [-0.2, -0.15) is 0 Å². The van der Waals surface area contributed by atoms with Gasteiger partial charge in [0.15, 0.2) is 9.84 Å². The molecular formula is C31H47N5O8S. The molecule has 3 aliphatic rings. The number of aryl methyl sites for hydroxylation is 1. The number of furan rings is 1. The highest BCUT2D eigenvalue weighted by atomic mass is 32.2. The third kappa shape index (κ3) is 8.44. The van der Waals surface area contributed by atoms with Gasteiger partial charge in [-0.1, -0.05) is 52.9 Å². The molecule has 250 valence electrons. The third-order valence-electron chi connectivity index (χ3n) is 9.17. The highest BCUT2D eigenvalue weighted by Crippen LogP contribution is 2.35. The van der Waals surface area contributed by atoms with Crippen LogP contribution in [0.2, 0.25) is 0 Å². The summed E-state index contributed by atoms with van der Waals surface area (Å²) in [5, 5.41) is 8.40. The molecule has 2 unspecified atom stereocenters. The molecule has 1 aliphatic heterocycles. The molecule has 1 aromatic heterocycles. The normalized spacial score (nSPS) is 21.4. The van der Waals surface area contributed by atoms with E-state index < -0.39 is 68.5 Å². The number of hydrogen-bond acceptors (Lipinski definition) is 8. The van der Waals surface area contributed by atoms with E-state index in [1.807, 2.05) is 0 Å². The topological polar surface area (TPSA) is 198 Å². The Labute approximate surface area is 264 Å². The number of sulfone groups is 1. The van der Waals surface area contributed by atoms with Crippen LogP contribution in [0.25, 0.3) is 0 Å². The fraction of sp³-hybridized carbons (Fsp3) is 0.710. The third-order valence-corrected chi connectivity index (χ3v) is 11.2. The second kappa shape index (κ2) is 13.5. The van der Waals surface area contributed by atoms with E-state index in [0.29, 0.717) is 32.1 Å². The Hall–Kier alpha value is -3.42. The summed E-state index contributed by atoms with van der Waals surface area (Å²) in [5.74, 6) is -2.77. The minimum atomic E-state index is -3.79. The average Bonchev–Trinajstić information content (AvgIpc) is 3.42. The van der Waals surface area contributed by atoms with Crippen LogP contribution in [0.3, 0.4) is 0 Å². The van der Waals surface area contributed by atoms with Gasteiger partial charge in [0, 0.05) is 6.54 Å². The zero-order valence-corrected chi connectivity index (χ0v) is 27.5. The average molecular weight is 650 g/mol. The zero-order valence-electron chi connectivity index (χ0n) is 26.6. The Morgan fingerprint density at radius 3 is 2.27 bits per heavy atom. The van der Waals surface area contributed by atoms with E-state index in [4.69, 9.17) is 10.2 Å². The highest BCUT2D eigenvalue weighted by Gasteiger charge is 2.45. The number of nitrogens with one attached hydrogen (secondary N) is 3. The molecule has 2 heterocycles. The Morgan fingerprint density at radius 2 is 1.71 bits per heavy atom. The summed E-state index contributed by atoms with van der Waals surface area (Å²) < 4.78 is 32.0. The van der Waals surface area contributed by atoms with Gasteiger partial charge in [0.25, 0.3) is 5.91 Å². The monoisotopic (exact) mass is 649 g/mol. The van der Waals surface area contributed by atoms with Gasteiger partial charge in [-0.25, -0.2) is 13.2 Å². The summed E-state index contributed by atoms with van der Waals surface area (Å²) in [6.45, 7) is 7.23. The number of nitrogens with two attached hydrogens (primary N) is 1. The maximum atomic E-state index is 14.0. The van der Waals surface area contributed by atoms with Crippen molar-refractivity contribution >= 4 is 39.4 Å². The summed E-state index contributed by atoms with van der Waals surface area (Å²) in [7, 11) is -3.79. The molecule has 3 fully saturated rings. The van der Waals surface area contributed by atoms with Crippen molar-refractivity contribution in [1.29, 1.82) is 0 Å². The molecule has 13 nitrogen and oxygen atoms in total. The van der Waals surface area contributed by atoms with Crippen LogP contribution in [0.1, 0.15) is 90.7 Å². The van der Waals surface area contributed by atoms with Crippen molar-refractivity contribution in [2.24, 2.45) is 17.1 Å². The first kappa shape index (κ1) is 34.5. The first-order valence-corrected chi connectivity index (χ1v) is 17.5. The van der Waals surface area contributed by atoms with Gasteiger partial charge < -0.3 is 31.0 Å². The Balaban J connectivity index is 1.48. The molecule has 0 aromatic carbocycles. The number of ketones is 1. The summed E-state index contributed by atoms with van der Waals surface area (Å²) in [4.78, 5) is 66.5. The lowest BCUT2D eigenvalue weighted by Gasteiger charge is -2.40. The molecule has 5 N–H and O–H groups in total. The molecule has 14 heteroatoms. The lowest BCUT2D eigenvalue weighted by atomic mass is 9.83. The molecule has 3 atom stereocenters. The van der Waals surface area contributed by atoms with Crippen LogP contribution in [0.5, 0.6) is 0 Å². The van der Waals surface area contributed by atoms with E-state index in [1.165, 1.54) is 17.2 Å². The smallest absolute Gasteiger partial charge is 0.315 e. The van der Waals surface area contributed by atoms with Crippen LogP contribution >= 0.6 is 0 Å². The zero-order chi connectivity index (χ0) is 33.2. The van der Waals surface area contributed by atoms with Crippen molar-refractivity contribution in [3.05, 3.63) is 18.1 Å². The number of nitrogens with zero attached hydrogens (tertiary/aromatic N) is 1. The number of primary amides is 1. The van der Waals surface area contributed by atoms with Crippen molar-refractivity contribution in [3.63, 3.8) is 0 Å². The number of carbonyl (C=O) groups is 5. The van der Waals surface area contributed by atoms with E-state index >= 15 is 0 Å². The van der Waals surface area contributed by atoms with E-state index in [2.05, 4.69) is 16.0 Å². The van der Waals surface area contributed by atoms with E-state index in [-0.39, 0.29) is 28.9 Å². The van der Waals surface area contributed by atoms with Gasteiger partial charge in [0.05, 0.1) is 23.6 Å². The Bertz CT molecular complexity index is 1400. The van der Waals surface area contributed by atoms with Gasteiger partial charge in [-0.05, 0) is 56.4 Å². The molecule has 5 amide bonds. The van der Waals surface area contributed by atoms with Gasteiger partial charge >= 0.3 is 6.03 Å². The summed E-state index contributed by atoms with van der Waals surface area (Å²) in [6.07, 6.45) is 7.68. The highest BCUT2D eigenvalue weighted by molar-refractivity contribution is 7.91. The van der Waals surface area contributed by atoms with Gasteiger partial charge in [0.2, 0.25) is 17.6 Å². The molecule has 2 saturated carbocycles. The van der Waals surface area contributed by atoms with Gasteiger partial charge in [-0.15, -0.1) is 0 Å². The van der Waals surface area contributed by atoms with Crippen LogP contribution in [0.15, 0.2) is 21.6 Å². The first-order valence-electron chi connectivity index (χ1n) is 15.8. The molecular weight excluding hydrogens is 602 g/mol. The second-order valence-electron chi connectivity index (χ2n) is 14.0. The van der Waals surface area contributed by atoms with E-state index in [0.717, 1.165) is 32.1 Å². The molecule has 0 spiro atoms. The SMILES string of the molecule is Cc1occc1S(=O)(=O)CC1(NC(=O)N[C@H](C(=O)N2CCCC2C(=O)NC(CC2CC2)C(=O)C(N)=O)C(C)(C)C)CCCCC1. The molecule has 0 bridgehead atoms. The van der Waals surface area contributed by atoms with Crippen LogP contribution in [0.4, 0.5) is 4.79 Å². The fourth-order valence-corrected chi connectivity index (χ4v) is 8.55. The Kier molecular flexibility index (Phi) is 10.3. The van der Waals surface area contributed by atoms with Crippen LogP contribution in [0, 0.1) is 18.3 Å². The molecule has 2 aliphatic carbocycles. The summed E-state index contributed by atoms with van der Waals surface area (Å²) in [6, 6.07) is -2.23. The maximum absolute atomic E-state index is 14.0. The maximum Gasteiger partial charge on any atom is 0.315 e. The quantitative estimate of drug-likeness (QED) is 0.247. The molecule has 4 rings (SSSR count). The predicted octanol–water partition coefficient (Wildman–Crippen LogP) is 2.11. The predicted molar refractivity (Wildman–Crippen MR) is 164 cm³/mol. The standard InChI is InChI=1S/C31H47N5O8S/c1-19-23(12-16-44-19)45(42,43)18-31(13-6-5-7-14-31)35-29(41)34-25(30(2,3)4)28(40)36-15-8-9-22(36)27(39)33-21(17-20-10-11-20)24(37)26(32)38/h12,16,20-22,25H,5-11,13-15,17-18H2,1-4H3,(H2,32,38)(H,33,39)(H2,34,35,41)/t21?,22?,25-/m1/s1. The lowest BCUT2D eigenvalue weighted by Crippen LogP contribution is -2.63. The van der Waals surface area contributed by atoms with Gasteiger partial charge in [0.1, 0.15) is 22.7 Å². The lowest BCUT2D eigenvalue weighted by molar-refractivity contribution is -0.143. The number of carbonyl (C=O) groups excluding carboxylic acids is 5. The molecule has 0 radical (unpaired) electrons. The van der Waals surface area contributed by atoms with Crippen molar-refractivity contribution in [2.45, 2.75) is 120 Å². The Morgan fingerprint density at radius 1 is 1.04 bits per heavy atom. The van der Waals surface area contributed by atoms with Crippen molar-refractivity contribution in [2.75, 3.05) is 12.3 Å². The fourth-order valence-electron chi connectivity index (χ4n) is 6.56. The first-order chi connectivity index (χ1) is 21.0. The van der Waals surface area contributed by atoms with Crippen LogP contribution < -0.4 is 21.7 Å². The largest absolute Gasteiger partial charge is 0.468 e. The molecule has 1 saturated heterocycles. The minimum absolute atomic E-state index is 0.0904. The van der Waals surface area contributed by atoms with Crippen molar-refractivity contribution in [1.82, 2.24) is 20.9 Å². The molecule has 45 heavy (non-hydrogen) atoms. The molecule has 1 aromatic rings. The number of rotatable bonds is 12. The number of likely N-dealkylation sites (tertiary alicyclic amines) is 1. The van der Waals surface area contributed by atoms with Crippen molar-refractivity contribution < 1.29 is 36.8 Å². The van der Waals surface area contributed by atoms with E-state index in [1.54, 1.807) is 27.7 Å². The number of amides is 5. The second-order valence-corrected chi connectivity index (χ2v) is 16.0. The van der Waals surface area contributed by atoms with Crippen LogP contribution in [-0.4, -0.2) is 78.8 Å². The van der Waals surface area contributed by atoms with Gasteiger partial charge in [-0.3, -0.25) is 19.2 Å². The number of urea groups is 1. The van der Waals surface area contributed by atoms with Crippen molar-refractivity contribution in [3.8, 4) is 0 Å². The number of hydrogen-bond donors (Lipinski definition) is 4. The number of Topliss-reactive ketones (excluding diaryl/α,β-unsaturated/α-hetero) is 1. The minimum Gasteiger partial charge on any atom is -0.468 e. The summed E-state index contributed by atoms with van der Waals surface area (Å²) >= 11 is 0. The summed E-state index contributed by atoms with van der Waals surface area (Å²) in [5.41, 5.74) is 3.42. The van der Waals surface area contributed by atoms with E-state index in [9.17, 15) is 32.4 Å². The van der Waals surface area contributed by atoms with Crippen LogP contribution in [-0.2, 0) is 29.0 Å².